The van der Waals surface area contributed by atoms with E-state index in [4.69, 9.17) is 5.11 Å². The van der Waals surface area contributed by atoms with Gasteiger partial charge in [-0.1, -0.05) is 0 Å². The van der Waals surface area contributed by atoms with Gasteiger partial charge in [0, 0.05) is 12.1 Å². The number of hydrogen-bond donors (Lipinski definition) is 3. The SMILES string of the molecule is CCOC(=O)NS(=O)(=O)NC(C)(C)CCO. The van der Waals surface area contributed by atoms with E-state index in [1.807, 2.05) is 0 Å². The fraction of sp³-hybridized carbons (Fsp3) is 0.875. The van der Waals surface area contributed by atoms with Crippen molar-refractivity contribution < 1.29 is 23.1 Å². The quantitative estimate of drug-likeness (QED) is 0.605. The number of ether oxygens (including phenoxy) is 1. The minimum Gasteiger partial charge on any atom is -0.449 e. The van der Waals surface area contributed by atoms with Gasteiger partial charge in [0.05, 0.1) is 6.61 Å². The van der Waals surface area contributed by atoms with Crippen molar-refractivity contribution in [2.45, 2.75) is 32.7 Å². The molecule has 96 valence electrons. The number of aliphatic hydroxyl groups excluding tert-OH is 1. The molecule has 0 fully saturated rings. The fourth-order valence-electron chi connectivity index (χ4n) is 0.990. The maximum atomic E-state index is 11.4. The van der Waals surface area contributed by atoms with E-state index in [0.29, 0.717) is 0 Å². The molecule has 8 heteroatoms. The van der Waals surface area contributed by atoms with Crippen molar-refractivity contribution in [2.75, 3.05) is 13.2 Å². The zero-order valence-electron chi connectivity index (χ0n) is 9.61. The van der Waals surface area contributed by atoms with Gasteiger partial charge in [0.1, 0.15) is 0 Å². The number of rotatable bonds is 6. The maximum Gasteiger partial charge on any atom is 0.421 e. The number of hydrogen-bond acceptors (Lipinski definition) is 5. The molecule has 0 aromatic rings. The number of amides is 1. The summed E-state index contributed by atoms with van der Waals surface area (Å²) in [7, 11) is -3.97. The first-order valence-corrected chi connectivity index (χ1v) is 6.30. The fourth-order valence-corrected chi connectivity index (χ4v) is 2.15. The van der Waals surface area contributed by atoms with Gasteiger partial charge in [0.25, 0.3) is 0 Å². The Bertz CT molecular complexity index is 325. The Hall–Kier alpha value is -0.860. The van der Waals surface area contributed by atoms with Crippen LogP contribution in [-0.2, 0) is 14.9 Å². The second kappa shape index (κ2) is 6.02. The van der Waals surface area contributed by atoms with Gasteiger partial charge in [0.2, 0.25) is 0 Å². The molecule has 0 aliphatic heterocycles. The van der Waals surface area contributed by atoms with Gasteiger partial charge in [-0.25, -0.2) is 9.52 Å². The highest BCUT2D eigenvalue weighted by Crippen LogP contribution is 2.08. The van der Waals surface area contributed by atoms with Crippen LogP contribution < -0.4 is 9.44 Å². The topological polar surface area (TPSA) is 105 Å². The minimum absolute atomic E-state index is 0.0847. The first kappa shape index (κ1) is 15.1. The summed E-state index contributed by atoms with van der Waals surface area (Å²) in [5.41, 5.74) is -0.840. The third-order valence-electron chi connectivity index (χ3n) is 1.64. The van der Waals surface area contributed by atoms with Crippen LogP contribution in [0.15, 0.2) is 0 Å². The Morgan fingerprint density at radius 1 is 1.44 bits per heavy atom. The highest BCUT2D eigenvalue weighted by atomic mass is 32.2. The van der Waals surface area contributed by atoms with E-state index in [9.17, 15) is 13.2 Å². The van der Waals surface area contributed by atoms with Crippen molar-refractivity contribution in [3.05, 3.63) is 0 Å². The highest BCUT2D eigenvalue weighted by Gasteiger charge is 2.25. The number of carbonyl (C=O) groups excluding carboxylic acids is 1. The predicted octanol–water partition coefficient (Wildman–Crippen LogP) is -0.272. The summed E-state index contributed by atoms with van der Waals surface area (Å²) < 4.78 is 31.1. The molecule has 0 aromatic heterocycles. The molecule has 0 heterocycles. The lowest BCUT2D eigenvalue weighted by molar-refractivity contribution is 0.158. The molecule has 0 radical (unpaired) electrons. The first-order valence-electron chi connectivity index (χ1n) is 4.82. The maximum absolute atomic E-state index is 11.4. The van der Waals surface area contributed by atoms with Crippen molar-refractivity contribution in [3.8, 4) is 0 Å². The molecular formula is C8H18N2O5S. The van der Waals surface area contributed by atoms with Crippen molar-refractivity contribution in [1.82, 2.24) is 9.44 Å². The molecule has 7 nitrogen and oxygen atoms in total. The van der Waals surface area contributed by atoms with Gasteiger partial charge in [-0.05, 0) is 27.2 Å². The molecule has 0 saturated heterocycles. The molecule has 0 saturated carbocycles. The van der Waals surface area contributed by atoms with Crippen LogP contribution in [0.4, 0.5) is 4.79 Å². The van der Waals surface area contributed by atoms with Gasteiger partial charge >= 0.3 is 16.3 Å². The Balaban J connectivity index is 4.41. The van der Waals surface area contributed by atoms with Crippen LogP contribution in [0.5, 0.6) is 0 Å². The number of nitrogens with one attached hydrogen (secondary N) is 2. The Kier molecular flexibility index (Phi) is 5.70. The molecule has 0 atom stereocenters. The van der Waals surface area contributed by atoms with Crippen molar-refractivity contribution in [2.24, 2.45) is 0 Å². The van der Waals surface area contributed by atoms with Gasteiger partial charge < -0.3 is 9.84 Å². The van der Waals surface area contributed by atoms with Gasteiger partial charge in [-0.15, -0.1) is 0 Å². The lowest BCUT2D eigenvalue weighted by atomic mass is 10.0. The molecule has 0 aliphatic rings. The summed E-state index contributed by atoms with van der Waals surface area (Å²) in [5.74, 6) is 0. The van der Waals surface area contributed by atoms with E-state index in [2.05, 4.69) is 9.46 Å². The van der Waals surface area contributed by atoms with Crippen LogP contribution in [0, 0.1) is 0 Å². The lowest BCUT2D eigenvalue weighted by Gasteiger charge is -2.24. The van der Waals surface area contributed by atoms with Crippen molar-refractivity contribution in [3.63, 3.8) is 0 Å². The minimum atomic E-state index is -3.97. The highest BCUT2D eigenvalue weighted by molar-refractivity contribution is 7.88. The monoisotopic (exact) mass is 254 g/mol. The van der Waals surface area contributed by atoms with Gasteiger partial charge in [-0.3, -0.25) is 0 Å². The molecule has 3 N–H and O–H groups in total. The Labute approximate surface area is 95.4 Å². The van der Waals surface area contributed by atoms with Crippen molar-refractivity contribution in [1.29, 1.82) is 0 Å². The summed E-state index contributed by atoms with van der Waals surface area (Å²) in [6.45, 7) is 4.67. The molecule has 0 unspecified atom stereocenters. The van der Waals surface area contributed by atoms with E-state index >= 15 is 0 Å². The molecule has 0 rings (SSSR count). The zero-order chi connectivity index (χ0) is 12.8. The summed E-state index contributed by atoms with van der Waals surface area (Å²) in [4.78, 5) is 10.9. The third kappa shape index (κ3) is 6.59. The summed E-state index contributed by atoms with van der Waals surface area (Å²) in [6, 6.07) is 0. The number of carbonyl (C=O) groups is 1. The van der Waals surface area contributed by atoms with E-state index in [-0.39, 0.29) is 19.6 Å². The third-order valence-corrected chi connectivity index (χ3v) is 2.90. The first-order chi connectivity index (χ1) is 7.22. The van der Waals surface area contributed by atoms with E-state index < -0.39 is 21.8 Å². The summed E-state index contributed by atoms with van der Waals surface area (Å²) in [5, 5.41) is 8.72. The molecule has 0 spiro atoms. The standard InChI is InChI=1S/C8H18N2O5S/c1-4-15-7(12)9-16(13,14)10-8(2,3)5-6-11/h10-11H,4-6H2,1-3H3,(H,9,12). The van der Waals surface area contributed by atoms with Crippen LogP contribution in [0.1, 0.15) is 27.2 Å². The van der Waals surface area contributed by atoms with Gasteiger partial charge in [-0.2, -0.15) is 13.1 Å². The van der Waals surface area contributed by atoms with Crippen LogP contribution in [0.25, 0.3) is 0 Å². The number of aliphatic hydroxyl groups is 1. The van der Waals surface area contributed by atoms with Crippen molar-refractivity contribution >= 4 is 16.3 Å². The summed E-state index contributed by atoms with van der Waals surface area (Å²) in [6.07, 6.45) is -0.800. The normalized spacial score (nSPS) is 12.2. The average molecular weight is 254 g/mol. The van der Waals surface area contributed by atoms with E-state index in [1.54, 1.807) is 25.5 Å². The van der Waals surface area contributed by atoms with Crippen LogP contribution in [0.2, 0.25) is 0 Å². The second-order valence-electron chi connectivity index (χ2n) is 3.79. The second-order valence-corrected chi connectivity index (χ2v) is 5.20. The molecule has 0 bridgehead atoms. The molecule has 16 heavy (non-hydrogen) atoms. The Morgan fingerprint density at radius 2 is 2.00 bits per heavy atom. The largest absolute Gasteiger partial charge is 0.449 e. The lowest BCUT2D eigenvalue weighted by Crippen LogP contribution is -2.50. The molecular weight excluding hydrogens is 236 g/mol. The predicted molar refractivity (Wildman–Crippen MR) is 58.0 cm³/mol. The molecule has 0 aliphatic carbocycles. The Morgan fingerprint density at radius 3 is 2.44 bits per heavy atom. The van der Waals surface area contributed by atoms with Crippen LogP contribution in [0.3, 0.4) is 0 Å². The van der Waals surface area contributed by atoms with Crippen LogP contribution in [-0.4, -0.2) is 38.4 Å². The summed E-state index contributed by atoms with van der Waals surface area (Å²) >= 11 is 0. The average Bonchev–Trinajstić information content (AvgIpc) is 1.99. The van der Waals surface area contributed by atoms with E-state index in [1.165, 1.54) is 0 Å². The van der Waals surface area contributed by atoms with Crippen LogP contribution >= 0.6 is 0 Å². The van der Waals surface area contributed by atoms with Gasteiger partial charge in [0.15, 0.2) is 0 Å². The zero-order valence-corrected chi connectivity index (χ0v) is 10.4. The molecule has 0 aromatic carbocycles. The van der Waals surface area contributed by atoms with E-state index in [0.717, 1.165) is 0 Å². The molecule has 1 amide bonds. The smallest absolute Gasteiger partial charge is 0.421 e.